The first-order valence-corrected chi connectivity index (χ1v) is 4.38. The van der Waals surface area contributed by atoms with Gasteiger partial charge in [-0.1, -0.05) is 0 Å². The first-order valence-electron chi connectivity index (χ1n) is 4.38. The molecule has 0 aliphatic heterocycles. The Bertz CT molecular complexity index is 431. The van der Waals surface area contributed by atoms with Crippen molar-refractivity contribution >= 4 is 11.8 Å². The lowest BCUT2D eigenvalue weighted by Crippen LogP contribution is -2.26. The van der Waals surface area contributed by atoms with Crippen LogP contribution in [-0.4, -0.2) is 21.5 Å². The Balaban J connectivity index is 2.97. The van der Waals surface area contributed by atoms with Crippen LogP contribution in [0, 0.1) is 0 Å². The van der Waals surface area contributed by atoms with Gasteiger partial charge in [0.2, 0.25) is 0 Å². The van der Waals surface area contributed by atoms with E-state index >= 15 is 0 Å². The van der Waals surface area contributed by atoms with Gasteiger partial charge in [-0.25, -0.2) is 14.6 Å². The highest BCUT2D eigenvalue weighted by molar-refractivity contribution is 5.93. The number of nitrogen functional groups attached to an aromatic ring is 1. The monoisotopic (exact) mass is 211 g/mol. The summed E-state index contributed by atoms with van der Waals surface area (Å²) in [5.41, 5.74) is 4.30. The number of carbonyl (C=O) groups excluding carboxylic acids is 1. The summed E-state index contributed by atoms with van der Waals surface area (Å²) in [7, 11) is 0. The van der Waals surface area contributed by atoms with Crippen LogP contribution < -0.4 is 11.4 Å². The van der Waals surface area contributed by atoms with Crippen LogP contribution in [-0.2, 0) is 4.74 Å². The van der Waals surface area contributed by atoms with Crippen LogP contribution >= 0.6 is 0 Å². The standard InChI is InChI=1S/C9H13N3O3/c1-9(2,3)15-7(13)5-4-11-8(14)12-6(5)10/h4H,1-3H3,(H3,10,11,12,14). The molecule has 0 radical (unpaired) electrons. The number of H-pyrrole nitrogens is 1. The molecule has 15 heavy (non-hydrogen) atoms. The second-order valence-corrected chi connectivity index (χ2v) is 4.02. The molecular weight excluding hydrogens is 198 g/mol. The third-order valence-corrected chi connectivity index (χ3v) is 1.46. The molecule has 1 rings (SSSR count). The maximum absolute atomic E-state index is 11.5. The molecule has 0 bridgehead atoms. The zero-order valence-corrected chi connectivity index (χ0v) is 8.83. The van der Waals surface area contributed by atoms with Crippen molar-refractivity contribution in [1.29, 1.82) is 0 Å². The molecule has 6 heteroatoms. The molecule has 1 aromatic heterocycles. The second-order valence-electron chi connectivity index (χ2n) is 4.02. The quantitative estimate of drug-likeness (QED) is 0.651. The molecule has 0 aromatic carbocycles. The lowest BCUT2D eigenvalue weighted by Gasteiger charge is -2.19. The van der Waals surface area contributed by atoms with Crippen LogP contribution in [0.25, 0.3) is 0 Å². The van der Waals surface area contributed by atoms with Crippen LogP contribution in [0.3, 0.4) is 0 Å². The summed E-state index contributed by atoms with van der Waals surface area (Å²) in [6.45, 7) is 5.21. The summed E-state index contributed by atoms with van der Waals surface area (Å²) in [6.07, 6.45) is 1.10. The van der Waals surface area contributed by atoms with E-state index in [9.17, 15) is 9.59 Å². The van der Waals surface area contributed by atoms with Gasteiger partial charge in [-0.2, -0.15) is 0 Å². The number of ether oxygens (including phenoxy) is 1. The van der Waals surface area contributed by atoms with Gasteiger partial charge in [-0.05, 0) is 20.8 Å². The molecule has 0 fully saturated rings. The fraction of sp³-hybridized carbons (Fsp3) is 0.444. The van der Waals surface area contributed by atoms with Crippen LogP contribution in [0.5, 0.6) is 0 Å². The zero-order valence-electron chi connectivity index (χ0n) is 8.83. The minimum Gasteiger partial charge on any atom is -0.456 e. The molecule has 0 saturated heterocycles. The molecule has 0 saturated carbocycles. The van der Waals surface area contributed by atoms with Crippen molar-refractivity contribution in [3.63, 3.8) is 0 Å². The molecule has 0 unspecified atom stereocenters. The van der Waals surface area contributed by atoms with E-state index in [1.54, 1.807) is 20.8 Å². The smallest absolute Gasteiger partial charge is 0.346 e. The maximum atomic E-state index is 11.5. The maximum Gasteiger partial charge on any atom is 0.346 e. The number of hydrogen-bond donors (Lipinski definition) is 2. The Morgan fingerprint density at radius 2 is 2.13 bits per heavy atom. The van der Waals surface area contributed by atoms with Gasteiger partial charge in [0.25, 0.3) is 0 Å². The van der Waals surface area contributed by atoms with Gasteiger partial charge in [0, 0.05) is 0 Å². The minimum absolute atomic E-state index is 0.0377. The van der Waals surface area contributed by atoms with Gasteiger partial charge >= 0.3 is 11.7 Å². The van der Waals surface area contributed by atoms with E-state index in [1.807, 2.05) is 0 Å². The first kappa shape index (κ1) is 11.2. The number of nitrogens with one attached hydrogen (secondary N) is 1. The van der Waals surface area contributed by atoms with Gasteiger partial charge < -0.3 is 10.5 Å². The number of hydrogen-bond acceptors (Lipinski definition) is 5. The predicted molar refractivity (Wildman–Crippen MR) is 54.4 cm³/mol. The van der Waals surface area contributed by atoms with Crippen LogP contribution in [0.15, 0.2) is 11.0 Å². The minimum atomic E-state index is -0.611. The summed E-state index contributed by atoms with van der Waals surface area (Å²) in [4.78, 5) is 27.9. The molecule has 0 aliphatic rings. The van der Waals surface area contributed by atoms with Crippen molar-refractivity contribution in [2.75, 3.05) is 5.73 Å². The fourth-order valence-electron chi connectivity index (χ4n) is 0.903. The van der Waals surface area contributed by atoms with E-state index in [0.29, 0.717) is 0 Å². The first-order chi connectivity index (χ1) is 6.79. The van der Waals surface area contributed by atoms with E-state index in [4.69, 9.17) is 10.5 Å². The van der Waals surface area contributed by atoms with Crippen molar-refractivity contribution in [3.05, 3.63) is 22.2 Å². The summed E-state index contributed by atoms with van der Waals surface area (Å²) in [5.74, 6) is -0.645. The Morgan fingerprint density at radius 1 is 1.53 bits per heavy atom. The van der Waals surface area contributed by atoms with Gasteiger partial charge in [0.1, 0.15) is 17.0 Å². The number of carbonyl (C=O) groups is 1. The van der Waals surface area contributed by atoms with Gasteiger partial charge in [0.15, 0.2) is 0 Å². The summed E-state index contributed by atoms with van der Waals surface area (Å²) in [5, 5.41) is 0. The molecule has 1 heterocycles. The highest BCUT2D eigenvalue weighted by Gasteiger charge is 2.20. The molecule has 1 aromatic rings. The largest absolute Gasteiger partial charge is 0.456 e. The van der Waals surface area contributed by atoms with Crippen LogP contribution in [0.4, 0.5) is 5.82 Å². The molecule has 0 aliphatic carbocycles. The average molecular weight is 211 g/mol. The summed E-state index contributed by atoms with van der Waals surface area (Å²) < 4.78 is 5.06. The van der Waals surface area contributed by atoms with Crippen molar-refractivity contribution < 1.29 is 9.53 Å². The summed E-state index contributed by atoms with van der Waals surface area (Å²) >= 11 is 0. The van der Waals surface area contributed by atoms with Gasteiger partial charge in [-0.15, -0.1) is 0 Å². The SMILES string of the molecule is CC(C)(C)OC(=O)c1cnc(=O)[nH]c1N. The highest BCUT2D eigenvalue weighted by Crippen LogP contribution is 2.13. The second kappa shape index (κ2) is 3.72. The van der Waals surface area contributed by atoms with Crippen LogP contribution in [0.1, 0.15) is 31.1 Å². The Morgan fingerprint density at radius 3 is 2.60 bits per heavy atom. The fourth-order valence-corrected chi connectivity index (χ4v) is 0.903. The van der Waals surface area contributed by atoms with Crippen LogP contribution in [0.2, 0.25) is 0 Å². The number of rotatable bonds is 1. The number of anilines is 1. The topological polar surface area (TPSA) is 98.1 Å². The number of nitrogens with two attached hydrogens (primary N) is 1. The summed E-state index contributed by atoms with van der Waals surface area (Å²) in [6, 6.07) is 0. The van der Waals surface area contributed by atoms with E-state index in [1.165, 1.54) is 0 Å². The van der Waals surface area contributed by atoms with E-state index in [-0.39, 0.29) is 11.4 Å². The van der Waals surface area contributed by atoms with Crippen molar-refractivity contribution in [3.8, 4) is 0 Å². The Hall–Kier alpha value is -1.85. The Labute approximate surface area is 86.5 Å². The molecule has 82 valence electrons. The number of esters is 1. The van der Waals surface area contributed by atoms with Gasteiger partial charge in [0.05, 0.1) is 6.20 Å². The predicted octanol–water partition coefficient (Wildman–Crippen LogP) is 0.307. The molecule has 6 nitrogen and oxygen atoms in total. The molecule has 3 N–H and O–H groups in total. The van der Waals surface area contributed by atoms with E-state index in [0.717, 1.165) is 6.20 Å². The molecule has 0 spiro atoms. The van der Waals surface area contributed by atoms with Crippen molar-refractivity contribution in [2.24, 2.45) is 0 Å². The van der Waals surface area contributed by atoms with Crippen molar-refractivity contribution in [1.82, 2.24) is 9.97 Å². The third kappa shape index (κ3) is 3.08. The van der Waals surface area contributed by atoms with Gasteiger partial charge in [-0.3, -0.25) is 4.98 Å². The molecule has 0 atom stereocenters. The zero-order chi connectivity index (χ0) is 11.6. The lowest BCUT2D eigenvalue weighted by atomic mass is 10.2. The number of aromatic amines is 1. The Kier molecular flexibility index (Phi) is 2.78. The average Bonchev–Trinajstić information content (AvgIpc) is 1.99. The third-order valence-electron chi connectivity index (χ3n) is 1.46. The normalized spacial score (nSPS) is 11.1. The van der Waals surface area contributed by atoms with E-state index < -0.39 is 17.3 Å². The number of nitrogens with zero attached hydrogens (tertiary/aromatic N) is 1. The molecular formula is C9H13N3O3. The highest BCUT2D eigenvalue weighted by atomic mass is 16.6. The van der Waals surface area contributed by atoms with E-state index in [2.05, 4.69) is 9.97 Å². The molecule has 0 amide bonds. The lowest BCUT2D eigenvalue weighted by molar-refractivity contribution is 0.00699. The van der Waals surface area contributed by atoms with Crippen molar-refractivity contribution in [2.45, 2.75) is 26.4 Å². The number of aromatic nitrogens is 2.